The van der Waals surface area contributed by atoms with Gasteiger partial charge < -0.3 is 16.0 Å². The Hall–Kier alpha value is -1.75. The van der Waals surface area contributed by atoms with Gasteiger partial charge in [-0.15, -0.1) is 0 Å². The third-order valence-corrected chi connectivity index (χ3v) is 4.33. The maximum absolute atomic E-state index is 11.9. The maximum Gasteiger partial charge on any atom is 0.315 e. The molecule has 23 heavy (non-hydrogen) atoms. The van der Waals surface area contributed by atoms with Gasteiger partial charge in [0.1, 0.15) is 0 Å². The molecule has 1 aromatic carbocycles. The van der Waals surface area contributed by atoms with Crippen LogP contribution >= 0.6 is 11.6 Å². The van der Waals surface area contributed by atoms with E-state index >= 15 is 0 Å². The summed E-state index contributed by atoms with van der Waals surface area (Å²) in [7, 11) is 0. The highest BCUT2D eigenvalue weighted by molar-refractivity contribution is 6.33. The fraction of sp³-hybridized carbons (Fsp3) is 0.529. The van der Waals surface area contributed by atoms with Crippen molar-refractivity contribution in [1.82, 2.24) is 16.0 Å². The van der Waals surface area contributed by atoms with Crippen molar-refractivity contribution in [3.8, 4) is 0 Å². The summed E-state index contributed by atoms with van der Waals surface area (Å²) in [6.45, 7) is 0.747. The molecule has 1 saturated carbocycles. The van der Waals surface area contributed by atoms with Crippen LogP contribution in [-0.2, 0) is 0 Å². The molecule has 5 nitrogen and oxygen atoms in total. The molecule has 126 valence electrons. The average Bonchev–Trinajstić information content (AvgIpc) is 2.80. The molecular formula is C17H24ClN3O2. The number of hydrogen-bond donors (Lipinski definition) is 3. The van der Waals surface area contributed by atoms with E-state index in [1.165, 1.54) is 25.7 Å². The molecule has 0 atom stereocenters. The van der Waals surface area contributed by atoms with Crippen molar-refractivity contribution in [3.63, 3.8) is 0 Å². The fourth-order valence-corrected chi connectivity index (χ4v) is 2.97. The predicted octanol–water partition coefficient (Wildman–Crippen LogP) is 3.09. The van der Waals surface area contributed by atoms with Gasteiger partial charge in [-0.3, -0.25) is 4.79 Å². The van der Waals surface area contributed by atoms with Crippen molar-refractivity contribution in [2.24, 2.45) is 0 Å². The summed E-state index contributed by atoms with van der Waals surface area (Å²) in [5, 5.41) is 8.94. The van der Waals surface area contributed by atoms with E-state index in [9.17, 15) is 9.59 Å². The summed E-state index contributed by atoms with van der Waals surface area (Å²) in [6.07, 6.45) is 6.98. The van der Waals surface area contributed by atoms with Crippen molar-refractivity contribution in [1.29, 1.82) is 0 Å². The molecule has 3 amide bonds. The maximum atomic E-state index is 11.9. The molecule has 1 aromatic rings. The second-order valence-electron chi connectivity index (χ2n) is 5.82. The molecule has 0 radical (unpaired) electrons. The number of rotatable bonds is 5. The van der Waals surface area contributed by atoms with Crippen molar-refractivity contribution >= 4 is 23.5 Å². The molecule has 1 aliphatic carbocycles. The topological polar surface area (TPSA) is 70.2 Å². The van der Waals surface area contributed by atoms with E-state index in [0.717, 1.165) is 12.8 Å². The number of carbonyl (C=O) groups excluding carboxylic acids is 2. The first-order chi connectivity index (χ1) is 11.2. The third kappa shape index (κ3) is 6.10. The number of nitrogens with one attached hydrogen (secondary N) is 3. The Morgan fingerprint density at radius 1 is 1.00 bits per heavy atom. The minimum Gasteiger partial charge on any atom is -0.350 e. The Morgan fingerprint density at radius 2 is 1.65 bits per heavy atom. The molecule has 0 saturated heterocycles. The van der Waals surface area contributed by atoms with Gasteiger partial charge in [0.2, 0.25) is 0 Å². The lowest BCUT2D eigenvalue weighted by Gasteiger charge is -2.16. The second kappa shape index (κ2) is 9.40. The zero-order valence-electron chi connectivity index (χ0n) is 13.2. The molecule has 3 N–H and O–H groups in total. The van der Waals surface area contributed by atoms with E-state index in [0.29, 0.717) is 23.7 Å². The Balaban J connectivity index is 1.64. The first-order valence-corrected chi connectivity index (χ1v) is 8.61. The van der Waals surface area contributed by atoms with Gasteiger partial charge in [0.25, 0.3) is 5.91 Å². The van der Waals surface area contributed by atoms with Crippen LogP contribution in [0.1, 0.15) is 48.9 Å². The number of hydrogen-bond acceptors (Lipinski definition) is 2. The molecule has 6 heteroatoms. The standard InChI is InChI=1S/C17H24ClN3O2/c18-15-10-6-5-9-14(15)16(22)19-11-12-20-17(23)21-13-7-3-1-2-4-8-13/h5-6,9-10,13H,1-4,7-8,11-12H2,(H,19,22)(H2,20,21,23). The van der Waals surface area contributed by atoms with E-state index in [1.54, 1.807) is 24.3 Å². The molecule has 1 aliphatic rings. The zero-order valence-corrected chi connectivity index (χ0v) is 14.0. The van der Waals surface area contributed by atoms with Crippen LogP contribution < -0.4 is 16.0 Å². The minimum absolute atomic E-state index is 0.163. The van der Waals surface area contributed by atoms with Crippen LogP contribution in [0.25, 0.3) is 0 Å². The summed E-state index contributed by atoms with van der Waals surface area (Å²) in [5.74, 6) is -0.235. The van der Waals surface area contributed by atoms with Crippen LogP contribution in [-0.4, -0.2) is 31.1 Å². The van der Waals surface area contributed by atoms with Crippen LogP contribution in [0, 0.1) is 0 Å². The lowest BCUT2D eigenvalue weighted by molar-refractivity contribution is 0.0954. The van der Waals surface area contributed by atoms with Gasteiger partial charge in [0.15, 0.2) is 0 Å². The van der Waals surface area contributed by atoms with Gasteiger partial charge in [0, 0.05) is 19.1 Å². The van der Waals surface area contributed by atoms with E-state index in [2.05, 4.69) is 16.0 Å². The van der Waals surface area contributed by atoms with E-state index in [1.807, 2.05) is 0 Å². The molecule has 0 unspecified atom stereocenters. The first kappa shape index (κ1) is 17.6. The monoisotopic (exact) mass is 337 g/mol. The number of benzene rings is 1. The van der Waals surface area contributed by atoms with Crippen LogP contribution in [0.5, 0.6) is 0 Å². The quantitative estimate of drug-likeness (QED) is 0.570. The summed E-state index contributed by atoms with van der Waals surface area (Å²) in [6, 6.07) is 7.00. The lowest BCUT2D eigenvalue weighted by atomic mass is 10.1. The first-order valence-electron chi connectivity index (χ1n) is 8.24. The highest BCUT2D eigenvalue weighted by Gasteiger charge is 2.14. The summed E-state index contributed by atoms with van der Waals surface area (Å²) >= 11 is 5.96. The van der Waals surface area contributed by atoms with Crippen molar-refractivity contribution in [3.05, 3.63) is 34.9 Å². The van der Waals surface area contributed by atoms with E-state index in [4.69, 9.17) is 11.6 Å². The Labute approximate surface area is 142 Å². The molecule has 0 heterocycles. The van der Waals surface area contributed by atoms with E-state index < -0.39 is 0 Å². The molecule has 2 rings (SSSR count). The van der Waals surface area contributed by atoms with Crippen molar-refractivity contribution in [2.75, 3.05) is 13.1 Å². The van der Waals surface area contributed by atoms with Gasteiger partial charge in [-0.25, -0.2) is 4.79 Å². The largest absolute Gasteiger partial charge is 0.350 e. The summed E-state index contributed by atoms with van der Waals surface area (Å²) in [5.41, 5.74) is 0.442. The zero-order chi connectivity index (χ0) is 16.5. The number of carbonyl (C=O) groups is 2. The van der Waals surface area contributed by atoms with Crippen molar-refractivity contribution < 1.29 is 9.59 Å². The number of urea groups is 1. The van der Waals surface area contributed by atoms with Crippen LogP contribution in [0.15, 0.2) is 24.3 Å². The SMILES string of the molecule is O=C(NCCNC(=O)c1ccccc1Cl)NC1CCCCCC1. The third-order valence-electron chi connectivity index (χ3n) is 4.00. The lowest BCUT2D eigenvalue weighted by Crippen LogP contribution is -2.44. The molecule has 0 aliphatic heterocycles. The molecule has 0 bridgehead atoms. The minimum atomic E-state index is -0.235. The molecule has 0 spiro atoms. The summed E-state index contributed by atoms with van der Waals surface area (Å²) < 4.78 is 0. The normalized spacial score (nSPS) is 15.5. The molecule has 1 fully saturated rings. The Morgan fingerprint density at radius 3 is 2.35 bits per heavy atom. The molecule has 0 aromatic heterocycles. The van der Waals surface area contributed by atoms with Gasteiger partial charge in [0.05, 0.1) is 10.6 Å². The highest BCUT2D eigenvalue weighted by atomic mass is 35.5. The molecular weight excluding hydrogens is 314 g/mol. The van der Waals surface area contributed by atoms with Crippen LogP contribution in [0.3, 0.4) is 0 Å². The summed E-state index contributed by atoms with van der Waals surface area (Å²) in [4.78, 5) is 23.8. The smallest absolute Gasteiger partial charge is 0.315 e. The Kier molecular flexibility index (Phi) is 7.20. The number of halogens is 1. The van der Waals surface area contributed by atoms with Gasteiger partial charge >= 0.3 is 6.03 Å². The fourth-order valence-electron chi connectivity index (χ4n) is 2.75. The average molecular weight is 338 g/mol. The Bertz CT molecular complexity index is 528. The predicted molar refractivity (Wildman–Crippen MR) is 91.8 cm³/mol. The second-order valence-corrected chi connectivity index (χ2v) is 6.23. The van der Waals surface area contributed by atoms with Crippen molar-refractivity contribution in [2.45, 2.75) is 44.6 Å². The van der Waals surface area contributed by atoms with E-state index in [-0.39, 0.29) is 18.0 Å². The van der Waals surface area contributed by atoms with Crippen LogP contribution in [0.4, 0.5) is 4.79 Å². The van der Waals surface area contributed by atoms with Crippen LogP contribution in [0.2, 0.25) is 5.02 Å². The number of amides is 3. The van der Waals surface area contributed by atoms with Gasteiger partial charge in [-0.1, -0.05) is 49.4 Å². The highest BCUT2D eigenvalue weighted by Crippen LogP contribution is 2.17. The van der Waals surface area contributed by atoms with Gasteiger partial charge in [-0.2, -0.15) is 0 Å². The van der Waals surface area contributed by atoms with Gasteiger partial charge in [-0.05, 0) is 25.0 Å².